The van der Waals surface area contributed by atoms with E-state index in [1.165, 1.54) is 18.4 Å². The highest BCUT2D eigenvalue weighted by Gasteiger charge is 2.40. The third-order valence-electron chi connectivity index (χ3n) is 2.92. The second kappa shape index (κ2) is 1.86. The standard InChI is InChI=1S/C9H16/c1-5-8-6-7(2)9(8,3)4/h8H,2,5-6H2,1,3-4H3/t8-/m0/s1. The minimum atomic E-state index is 0.453. The van der Waals surface area contributed by atoms with Crippen molar-refractivity contribution >= 4 is 0 Å². The van der Waals surface area contributed by atoms with Gasteiger partial charge in [-0.1, -0.05) is 39.3 Å². The topological polar surface area (TPSA) is 0 Å². The molecule has 0 aromatic carbocycles. The molecule has 0 aromatic rings. The first-order chi connectivity index (χ1) is 4.09. The minimum absolute atomic E-state index is 0.453. The largest absolute Gasteiger partial charge is 0.0993 e. The summed E-state index contributed by atoms with van der Waals surface area (Å²) in [5.74, 6) is 0.907. The zero-order valence-electron chi connectivity index (χ0n) is 6.70. The first-order valence-corrected chi connectivity index (χ1v) is 3.77. The van der Waals surface area contributed by atoms with Gasteiger partial charge >= 0.3 is 0 Å². The molecule has 0 spiro atoms. The highest BCUT2D eigenvalue weighted by molar-refractivity contribution is 5.20. The molecule has 0 nitrogen and oxygen atoms in total. The van der Waals surface area contributed by atoms with Crippen LogP contribution in [0.4, 0.5) is 0 Å². The predicted octanol–water partition coefficient (Wildman–Crippen LogP) is 3.00. The van der Waals surface area contributed by atoms with Crippen LogP contribution >= 0.6 is 0 Å². The third kappa shape index (κ3) is 0.810. The molecule has 0 heterocycles. The van der Waals surface area contributed by atoms with E-state index in [1.54, 1.807) is 0 Å². The first kappa shape index (κ1) is 6.85. The van der Waals surface area contributed by atoms with Crippen LogP contribution < -0.4 is 0 Å². The fourth-order valence-electron chi connectivity index (χ4n) is 1.63. The maximum Gasteiger partial charge on any atom is -0.0116 e. The van der Waals surface area contributed by atoms with Crippen molar-refractivity contribution < 1.29 is 0 Å². The average molecular weight is 124 g/mol. The lowest BCUT2D eigenvalue weighted by Gasteiger charge is -2.46. The van der Waals surface area contributed by atoms with E-state index < -0.39 is 0 Å². The second-order valence-corrected chi connectivity index (χ2v) is 3.63. The molecule has 1 atom stereocenters. The van der Waals surface area contributed by atoms with Crippen molar-refractivity contribution in [1.82, 2.24) is 0 Å². The van der Waals surface area contributed by atoms with Gasteiger partial charge in [-0.25, -0.2) is 0 Å². The first-order valence-electron chi connectivity index (χ1n) is 3.77. The summed E-state index contributed by atoms with van der Waals surface area (Å²) in [6, 6.07) is 0. The van der Waals surface area contributed by atoms with Crippen LogP contribution in [0.1, 0.15) is 33.6 Å². The van der Waals surface area contributed by atoms with Gasteiger partial charge in [-0.2, -0.15) is 0 Å². The summed E-state index contributed by atoms with van der Waals surface area (Å²) in [5.41, 5.74) is 1.89. The molecule has 0 unspecified atom stereocenters. The Morgan fingerprint density at radius 3 is 2.33 bits per heavy atom. The fraction of sp³-hybridized carbons (Fsp3) is 0.778. The van der Waals surface area contributed by atoms with E-state index in [4.69, 9.17) is 0 Å². The zero-order chi connectivity index (χ0) is 7.07. The maximum absolute atomic E-state index is 4.01. The minimum Gasteiger partial charge on any atom is -0.0993 e. The van der Waals surface area contributed by atoms with Crippen LogP contribution in [0.25, 0.3) is 0 Å². The van der Waals surface area contributed by atoms with Gasteiger partial charge in [-0.05, 0) is 17.8 Å². The third-order valence-corrected chi connectivity index (χ3v) is 2.92. The molecule has 1 rings (SSSR count). The van der Waals surface area contributed by atoms with Crippen LogP contribution in [0.2, 0.25) is 0 Å². The second-order valence-electron chi connectivity index (χ2n) is 3.63. The van der Waals surface area contributed by atoms with Crippen LogP contribution in [0, 0.1) is 11.3 Å². The Kier molecular flexibility index (Phi) is 1.42. The van der Waals surface area contributed by atoms with E-state index in [9.17, 15) is 0 Å². The highest BCUT2D eigenvalue weighted by Crippen LogP contribution is 2.51. The van der Waals surface area contributed by atoms with Gasteiger partial charge in [-0.15, -0.1) is 0 Å². The van der Waals surface area contributed by atoms with Crippen molar-refractivity contribution in [2.24, 2.45) is 11.3 Å². The molecule has 0 heteroatoms. The van der Waals surface area contributed by atoms with Gasteiger partial charge in [0.25, 0.3) is 0 Å². The molecule has 0 aromatic heterocycles. The van der Waals surface area contributed by atoms with Gasteiger partial charge in [0.1, 0.15) is 0 Å². The van der Waals surface area contributed by atoms with Gasteiger partial charge in [0.05, 0.1) is 0 Å². The summed E-state index contributed by atoms with van der Waals surface area (Å²) in [6.07, 6.45) is 2.58. The molecule has 1 aliphatic carbocycles. The van der Waals surface area contributed by atoms with Gasteiger partial charge in [0, 0.05) is 0 Å². The summed E-state index contributed by atoms with van der Waals surface area (Å²) in [7, 11) is 0. The molecule has 0 N–H and O–H groups in total. The van der Waals surface area contributed by atoms with Crippen molar-refractivity contribution in [3.05, 3.63) is 12.2 Å². The van der Waals surface area contributed by atoms with Crippen LogP contribution in [-0.2, 0) is 0 Å². The van der Waals surface area contributed by atoms with Gasteiger partial charge < -0.3 is 0 Å². The van der Waals surface area contributed by atoms with E-state index in [-0.39, 0.29) is 0 Å². The molecule has 0 aliphatic heterocycles. The highest BCUT2D eigenvalue weighted by atomic mass is 14.4. The van der Waals surface area contributed by atoms with E-state index in [2.05, 4.69) is 27.4 Å². The van der Waals surface area contributed by atoms with E-state index in [1.807, 2.05) is 0 Å². The normalized spacial score (nSPS) is 31.9. The Morgan fingerprint density at radius 2 is 2.22 bits per heavy atom. The van der Waals surface area contributed by atoms with Crippen LogP contribution in [0.15, 0.2) is 12.2 Å². The number of hydrogen-bond acceptors (Lipinski definition) is 0. The Morgan fingerprint density at radius 1 is 1.67 bits per heavy atom. The molecule has 9 heavy (non-hydrogen) atoms. The Bertz CT molecular complexity index is 131. The zero-order valence-corrected chi connectivity index (χ0v) is 6.70. The van der Waals surface area contributed by atoms with Gasteiger partial charge in [-0.3, -0.25) is 0 Å². The van der Waals surface area contributed by atoms with Crippen LogP contribution in [0.5, 0.6) is 0 Å². The number of allylic oxidation sites excluding steroid dienone is 1. The predicted molar refractivity (Wildman–Crippen MR) is 41.3 cm³/mol. The molecule has 1 saturated carbocycles. The van der Waals surface area contributed by atoms with Crippen molar-refractivity contribution in [1.29, 1.82) is 0 Å². The number of hydrogen-bond donors (Lipinski definition) is 0. The molecular weight excluding hydrogens is 108 g/mol. The summed E-state index contributed by atoms with van der Waals surface area (Å²) >= 11 is 0. The Balaban J connectivity index is 2.58. The molecular formula is C9H16. The van der Waals surface area contributed by atoms with E-state index in [0.717, 1.165) is 5.92 Å². The molecule has 0 radical (unpaired) electrons. The summed E-state index contributed by atoms with van der Waals surface area (Å²) in [4.78, 5) is 0. The SMILES string of the molecule is C=C1C[C@H](CC)C1(C)C. The summed E-state index contributed by atoms with van der Waals surface area (Å²) < 4.78 is 0. The van der Waals surface area contributed by atoms with Crippen molar-refractivity contribution in [2.45, 2.75) is 33.6 Å². The molecule has 1 fully saturated rings. The van der Waals surface area contributed by atoms with Crippen molar-refractivity contribution in [3.8, 4) is 0 Å². The van der Waals surface area contributed by atoms with Gasteiger partial charge in [0.2, 0.25) is 0 Å². The van der Waals surface area contributed by atoms with Crippen LogP contribution in [-0.4, -0.2) is 0 Å². The molecule has 52 valence electrons. The lowest BCUT2D eigenvalue weighted by atomic mass is 9.58. The van der Waals surface area contributed by atoms with Crippen molar-refractivity contribution in [2.75, 3.05) is 0 Å². The van der Waals surface area contributed by atoms with Crippen molar-refractivity contribution in [3.63, 3.8) is 0 Å². The Hall–Kier alpha value is -0.260. The Labute approximate surface area is 58.0 Å². The maximum atomic E-state index is 4.01. The van der Waals surface area contributed by atoms with Crippen LogP contribution in [0.3, 0.4) is 0 Å². The molecule has 0 bridgehead atoms. The lowest BCUT2D eigenvalue weighted by Crippen LogP contribution is -2.36. The number of rotatable bonds is 1. The molecule has 0 saturated heterocycles. The lowest BCUT2D eigenvalue weighted by molar-refractivity contribution is 0.162. The van der Waals surface area contributed by atoms with Gasteiger partial charge in [0.15, 0.2) is 0 Å². The average Bonchev–Trinajstić information content (AvgIpc) is 1.82. The smallest absolute Gasteiger partial charge is 0.0116 e. The quantitative estimate of drug-likeness (QED) is 0.471. The monoisotopic (exact) mass is 124 g/mol. The molecule has 0 amide bonds. The summed E-state index contributed by atoms with van der Waals surface area (Å²) in [6.45, 7) is 10.9. The molecule has 1 aliphatic rings. The summed E-state index contributed by atoms with van der Waals surface area (Å²) in [5, 5.41) is 0. The fourth-order valence-corrected chi connectivity index (χ4v) is 1.63. The van der Waals surface area contributed by atoms with E-state index in [0.29, 0.717) is 5.41 Å². The van der Waals surface area contributed by atoms with E-state index >= 15 is 0 Å².